The largest absolute Gasteiger partial charge is 0.497 e. The van der Waals surface area contributed by atoms with Gasteiger partial charge in [-0.05, 0) is 62.4 Å². The molecule has 0 aliphatic carbocycles. The molecule has 1 aromatic heterocycles. The predicted molar refractivity (Wildman–Crippen MR) is 138 cm³/mol. The second-order valence-corrected chi connectivity index (χ2v) is 9.41. The van der Waals surface area contributed by atoms with Crippen LogP contribution in [0.15, 0.2) is 71.6 Å². The molecule has 1 heterocycles. The Bertz CT molecular complexity index is 1440. The average molecular weight is 494 g/mol. The number of aromatic nitrogens is 2. The Kier molecular flexibility index (Phi) is 6.92. The Morgan fingerprint density at radius 1 is 1.00 bits per heavy atom. The zero-order valence-electron chi connectivity index (χ0n) is 19.7. The van der Waals surface area contributed by atoms with Gasteiger partial charge in [0.15, 0.2) is 5.69 Å². The lowest BCUT2D eigenvalue weighted by atomic mass is 10.2. The lowest BCUT2D eigenvalue weighted by Gasteiger charge is -2.25. The van der Waals surface area contributed by atoms with Crippen molar-refractivity contribution >= 4 is 43.9 Å². The standard InChI is InChI=1S/C25H27N5O4S/c1-4-30(5-2)22-15-12-18(26-25(31)24-20-8-6-7-9-21(20)27-28-24)16-23(22)35(32,33)29-17-10-13-19(34-3)14-11-17/h6-16,29H,4-5H2,1-3H3,(H,26,31)(H,27,28). The molecule has 0 unspecified atom stereocenters. The van der Waals surface area contributed by atoms with Crippen LogP contribution >= 0.6 is 0 Å². The monoisotopic (exact) mass is 493 g/mol. The number of carbonyl (C=O) groups excluding carboxylic acids is 1. The van der Waals surface area contributed by atoms with E-state index in [1.807, 2.05) is 36.9 Å². The summed E-state index contributed by atoms with van der Waals surface area (Å²) in [5, 5.41) is 10.4. The van der Waals surface area contributed by atoms with E-state index in [4.69, 9.17) is 4.74 Å². The van der Waals surface area contributed by atoms with E-state index in [0.29, 0.717) is 41.3 Å². The van der Waals surface area contributed by atoms with Gasteiger partial charge in [0.05, 0.1) is 18.3 Å². The van der Waals surface area contributed by atoms with Crippen LogP contribution in [0.4, 0.5) is 17.1 Å². The quantitative estimate of drug-likeness (QED) is 0.317. The van der Waals surface area contributed by atoms with E-state index in [1.165, 1.54) is 6.07 Å². The van der Waals surface area contributed by atoms with Crippen molar-refractivity contribution in [2.45, 2.75) is 18.7 Å². The number of anilines is 3. The number of hydrogen-bond donors (Lipinski definition) is 3. The maximum Gasteiger partial charge on any atom is 0.276 e. The second-order valence-electron chi connectivity index (χ2n) is 7.76. The van der Waals surface area contributed by atoms with E-state index in [9.17, 15) is 13.2 Å². The molecule has 1 amide bonds. The van der Waals surface area contributed by atoms with Crippen LogP contribution in [-0.2, 0) is 10.0 Å². The van der Waals surface area contributed by atoms with Gasteiger partial charge in [-0.2, -0.15) is 5.10 Å². The lowest BCUT2D eigenvalue weighted by molar-refractivity contribution is 0.102. The summed E-state index contributed by atoms with van der Waals surface area (Å²) in [5.41, 5.74) is 2.25. The van der Waals surface area contributed by atoms with E-state index in [2.05, 4.69) is 20.2 Å². The molecule has 0 spiro atoms. The van der Waals surface area contributed by atoms with E-state index < -0.39 is 15.9 Å². The molecule has 0 bridgehead atoms. The first-order chi connectivity index (χ1) is 16.9. The van der Waals surface area contributed by atoms with E-state index in [0.717, 1.165) is 5.52 Å². The second kappa shape index (κ2) is 10.1. The molecular formula is C25H27N5O4S. The number of hydrogen-bond acceptors (Lipinski definition) is 6. The molecule has 0 saturated carbocycles. The molecule has 35 heavy (non-hydrogen) atoms. The first-order valence-electron chi connectivity index (χ1n) is 11.2. The number of methoxy groups -OCH3 is 1. The van der Waals surface area contributed by atoms with Crippen LogP contribution in [-0.4, -0.2) is 44.7 Å². The highest BCUT2D eigenvalue weighted by atomic mass is 32.2. The maximum absolute atomic E-state index is 13.5. The third kappa shape index (κ3) is 5.07. The molecule has 10 heteroatoms. The average Bonchev–Trinajstić information content (AvgIpc) is 3.30. The number of carbonyl (C=O) groups is 1. The van der Waals surface area contributed by atoms with E-state index >= 15 is 0 Å². The van der Waals surface area contributed by atoms with Crippen molar-refractivity contribution in [2.24, 2.45) is 0 Å². The Hall–Kier alpha value is -4.05. The zero-order chi connectivity index (χ0) is 25.0. The van der Waals surface area contributed by atoms with Gasteiger partial charge in [-0.15, -0.1) is 0 Å². The van der Waals surface area contributed by atoms with Crippen LogP contribution in [0.5, 0.6) is 5.75 Å². The van der Waals surface area contributed by atoms with E-state index in [1.54, 1.807) is 49.6 Å². The molecule has 0 fully saturated rings. The molecule has 9 nitrogen and oxygen atoms in total. The van der Waals surface area contributed by atoms with Crippen molar-refractivity contribution in [2.75, 3.05) is 35.1 Å². The van der Waals surface area contributed by atoms with Crippen molar-refractivity contribution in [3.8, 4) is 5.75 Å². The van der Waals surface area contributed by atoms with Gasteiger partial charge < -0.3 is 15.0 Å². The highest BCUT2D eigenvalue weighted by Gasteiger charge is 2.23. The summed E-state index contributed by atoms with van der Waals surface area (Å²) >= 11 is 0. The minimum absolute atomic E-state index is 0.0571. The Labute approximate surface area is 204 Å². The SMILES string of the molecule is CCN(CC)c1ccc(NC(=O)c2n[nH]c3ccccc23)cc1S(=O)(=O)Nc1ccc(OC)cc1. The summed E-state index contributed by atoms with van der Waals surface area (Å²) in [6, 6.07) is 18.8. The summed E-state index contributed by atoms with van der Waals surface area (Å²) in [7, 11) is -2.44. The summed E-state index contributed by atoms with van der Waals surface area (Å²) in [5.74, 6) is 0.178. The van der Waals surface area contributed by atoms with Crippen molar-refractivity contribution < 1.29 is 17.9 Å². The van der Waals surface area contributed by atoms with Crippen LogP contribution in [0.25, 0.3) is 10.9 Å². The maximum atomic E-state index is 13.5. The van der Waals surface area contributed by atoms with Gasteiger partial charge in [0, 0.05) is 29.9 Å². The third-order valence-electron chi connectivity index (χ3n) is 5.64. The van der Waals surface area contributed by atoms with Crippen LogP contribution < -0.4 is 19.7 Å². The number of fused-ring (bicyclic) bond motifs is 1. The zero-order valence-corrected chi connectivity index (χ0v) is 20.5. The summed E-state index contributed by atoms with van der Waals surface area (Å²) < 4.78 is 34.7. The number of rotatable bonds is 9. The van der Waals surface area contributed by atoms with Gasteiger partial charge in [0.2, 0.25) is 0 Å². The molecule has 182 valence electrons. The number of sulfonamides is 1. The molecule has 4 rings (SSSR count). The smallest absolute Gasteiger partial charge is 0.276 e. The lowest BCUT2D eigenvalue weighted by Crippen LogP contribution is -2.26. The number of benzene rings is 3. The number of para-hydroxylation sites is 1. The molecule has 3 aromatic carbocycles. The topological polar surface area (TPSA) is 116 Å². The van der Waals surface area contributed by atoms with Gasteiger partial charge in [-0.1, -0.05) is 18.2 Å². The molecule has 0 saturated heterocycles. The van der Waals surface area contributed by atoms with Gasteiger partial charge in [0.1, 0.15) is 10.6 Å². The van der Waals surface area contributed by atoms with Crippen molar-refractivity contribution in [1.29, 1.82) is 0 Å². The first kappa shape index (κ1) is 24.1. The summed E-state index contributed by atoms with van der Waals surface area (Å²) in [4.78, 5) is 14.9. The molecule has 0 aliphatic rings. The fourth-order valence-electron chi connectivity index (χ4n) is 3.83. The Morgan fingerprint density at radius 2 is 1.69 bits per heavy atom. The number of aromatic amines is 1. The van der Waals surface area contributed by atoms with Crippen molar-refractivity contribution in [3.63, 3.8) is 0 Å². The van der Waals surface area contributed by atoms with Gasteiger partial charge in [-0.3, -0.25) is 14.6 Å². The molecule has 4 aromatic rings. The van der Waals surface area contributed by atoms with Crippen molar-refractivity contribution in [3.05, 3.63) is 72.4 Å². The Balaban J connectivity index is 1.69. The molecule has 0 radical (unpaired) electrons. The van der Waals surface area contributed by atoms with Gasteiger partial charge in [-0.25, -0.2) is 8.42 Å². The minimum atomic E-state index is -3.98. The number of amides is 1. The van der Waals surface area contributed by atoms with Gasteiger partial charge >= 0.3 is 0 Å². The summed E-state index contributed by atoms with van der Waals surface area (Å²) in [6.45, 7) is 5.14. The van der Waals surface area contributed by atoms with Crippen LogP contribution in [0.3, 0.4) is 0 Å². The van der Waals surface area contributed by atoms with E-state index in [-0.39, 0.29) is 10.6 Å². The highest BCUT2D eigenvalue weighted by molar-refractivity contribution is 7.92. The number of nitrogens with one attached hydrogen (secondary N) is 3. The molecular weight excluding hydrogens is 466 g/mol. The third-order valence-corrected chi connectivity index (χ3v) is 7.05. The fraction of sp³-hybridized carbons (Fsp3) is 0.200. The number of nitrogens with zero attached hydrogens (tertiary/aromatic N) is 2. The highest BCUT2D eigenvalue weighted by Crippen LogP contribution is 2.31. The normalized spacial score (nSPS) is 11.3. The van der Waals surface area contributed by atoms with Crippen molar-refractivity contribution in [1.82, 2.24) is 10.2 Å². The predicted octanol–water partition coefficient (Wildman–Crippen LogP) is 4.47. The fourth-order valence-corrected chi connectivity index (χ4v) is 5.14. The van der Waals surface area contributed by atoms with Crippen LogP contribution in [0, 0.1) is 0 Å². The van der Waals surface area contributed by atoms with Crippen LogP contribution in [0.1, 0.15) is 24.3 Å². The molecule has 0 atom stereocenters. The minimum Gasteiger partial charge on any atom is -0.497 e. The summed E-state index contributed by atoms with van der Waals surface area (Å²) in [6.07, 6.45) is 0. The molecule has 3 N–H and O–H groups in total. The number of ether oxygens (including phenoxy) is 1. The molecule has 0 aliphatic heterocycles. The Morgan fingerprint density at radius 3 is 2.37 bits per heavy atom. The van der Waals surface area contributed by atoms with Crippen LogP contribution in [0.2, 0.25) is 0 Å². The number of H-pyrrole nitrogens is 1. The van der Waals surface area contributed by atoms with Gasteiger partial charge in [0.25, 0.3) is 15.9 Å². The first-order valence-corrected chi connectivity index (χ1v) is 12.6.